The number of nitrogens with zero attached hydrogens (tertiary/aromatic N) is 3. The zero-order chi connectivity index (χ0) is 23.9. The Balaban J connectivity index is 1.89. The molecule has 6 N–H and O–H groups in total. The standard InChI is InChI=1S/C20H17N7O5S/c1-27-15(20(29)32-26-27)12-11(7-21)17(23)25-19-13(12)14(22)16(33-19)18(28)24-8-4-9(30-2)6-10(5-8)31-3/h4-6H,1-3H3,(H5-,22,23,24,25,26,28,29)/p+1. The number of nitrogens with two attached hydrogens (primary N) is 2. The van der Waals surface area contributed by atoms with Gasteiger partial charge in [-0.2, -0.15) is 5.26 Å². The first-order valence-electron chi connectivity index (χ1n) is 9.32. The van der Waals surface area contributed by atoms with Gasteiger partial charge < -0.3 is 26.3 Å². The quantitative estimate of drug-likeness (QED) is 0.314. The van der Waals surface area contributed by atoms with E-state index >= 15 is 0 Å². The molecule has 3 heterocycles. The molecule has 4 rings (SSSR count). The maximum absolute atomic E-state index is 13.1. The molecule has 1 amide bonds. The van der Waals surface area contributed by atoms with Crippen molar-refractivity contribution in [2.45, 2.75) is 0 Å². The van der Waals surface area contributed by atoms with E-state index in [0.29, 0.717) is 17.2 Å². The fraction of sp³-hybridized carbons (Fsp3) is 0.150. The maximum atomic E-state index is 13.1. The lowest BCUT2D eigenvalue weighted by atomic mass is 10.0. The molecular formula is C20H18N7O5S+. The van der Waals surface area contributed by atoms with E-state index in [4.69, 9.17) is 25.5 Å². The van der Waals surface area contributed by atoms with Crippen LogP contribution in [-0.4, -0.2) is 30.4 Å². The number of carbonyl (C=O) groups is 1. The van der Waals surface area contributed by atoms with Gasteiger partial charge in [0.25, 0.3) is 5.91 Å². The van der Waals surface area contributed by atoms with Crippen LogP contribution in [0, 0.1) is 11.3 Å². The topological polar surface area (TPSA) is 186 Å². The Morgan fingerprint density at radius 2 is 1.94 bits per heavy atom. The zero-order valence-corrected chi connectivity index (χ0v) is 18.5. The molecule has 0 radical (unpaired) electrons. The van der Waals surface area contributed by atoms with Crippen LogP contribution in [0.2, 0.25) is 0 Å². The lowest BCUT2D eigenvalue weighted by Crippen LogP contribution is -2.34. The van der Waals surface area contributed by atoms with Gasteiger partial charge in [-0.1, -0.05) is 4.68 Å². The van der Waals surface area contributed by atoms with Crippen molar-refractivity contribution in [3.8, 4) is 28.8 Å². The van der Waals surface area contributed by atoms with Crippen LogP contribution in [0.5, 0.6) is 11.5 Å². The number of anilines is 3. The Bertz CT molecular complexity index is 1490. The molecule has 1 aromatic carbocycles. The molecule has 0 fully saturated rings. The first kappa shape index (κ1) is 21.7. The van der Waals surface area contributed by atoms with Crippen molar-refractivity contribution in [3.63, 3.8) is 0 Å². The molecule has 33 heavy (non-hydrogen) atoms. The predicted molar refractivity (Wildman–Crippen MR) is 120 cm³/mol. The van der Waals surface area contributed by atoms with Crippen LogP contribution in [0.4, 0.5) is 17.2 Å². The van der Waals surface area contributed by atoms with Gasteiger partial charge in [0, 0.05) is 23.9 Å². The van der Waals surface area contributed by atoms with E-state index in [0.717, 1.165) is 11.3 Å². The Morgan fingerprint density at radius 3 is 2.48 bits per heavy atom. The van der Waals surface area contributed by atoms with Gasteiger partial charge in [0.2, 0.25) is 0 Å². The van der Waals surface area contributed by atoms with Gasteiger partial charge in [0.1, 0.15) is 38.7 Å². The number of aromatic nitrogens is 3. The van der Waals surface area contributed by atoms with Gasteiger partial charge >= 0.3 is 11.3 Å². The van der Waals surface area contributed by atoms with Gasteiger partial charge in [-0.05, 0) is 5.27 Å². The minimum atomic E-state index is -0.735. The third-order valence-corrected chi connectivity index (χ3v) is 5.97. The van der Waals surface area contributed by atoms with Crippen molar-refractivity contribution in [3.05, 3.63) is 39.1 Å². The summed E-state index contributed by atoms with van der Waals surface area (Å²) in [7, 11) is 4.51. The zero-order valence-electron chi connectivity index (χ0n) is 17.7. The fourth-order valence-corrected chi connectivity index (χ4v) is 4.37. The number of carbonyl (C=O) groups excluding carboxylic acids is 1. The fourth-order valence-electron chi connectivity index (χ4n) is 3.37. The number of amides is 1. The lowest BCUT2D eigenvalue weighted by molar-refractivity contribution is -0.730. The van der Waals surface area contributed by atoms with Gasteiger partial charge in [-0.15, -0.1) is 11.3 Å². The second-order valence-corrected chi connectivity index (χ2v) is 7.83. The number of aryl methyl sites for hydroxylation is 1. The van der Waals surface area contributed by atoms with E-state index in [9.17, 15) is 14.9 Å². The monoisotopic (exact) mass is 468 g/mol. The number of rotatable bonds is 5. The smallest absolute Gasteiger partial charge is 0.435 e. The summed E-state index contributed by atoms with van der Waals surface area (Å²) in [5.41, 5.74) is 12.1. The Hall–Kier alpha value is -4.57. The number of aromatic amines is 1. The molecule has 168 valence electrons. The van der Waals surface area contributed by atoms with Crippen molar-refractivity contribution in [1.29, 1.82) is 5.26 Å². The molecule has 0 spiro atoms. The minimum absolute atomic E-state index is 0.0136. The summed E-state index contributed by atoms with van der Waals surface area (Å²) in [5, 5.41) is 15.1. The van der Waals surface area contributed by atoms with Crippen LogP contribution < -0.4 is 36.6 Å². The molecular weight excluding hydrogens is 450 g/mol. The third kappa shape index (κ3) is 3.58. The molecule has 0 unspecified atom stereocenters. The summed E-state index contributed by atoms with van der Waals surface area (Å²) >= 11 is 0.975. The summed E-state index contributed by atoms with van der Waals surface area (Å²) in [6.07, 6.45) is 0. The number of H-pyrrole nitrogens is 1. The van der Waals surface area contributed by atoms with E-state index in [1.807, 2.05) is 6.07 Å². The number of fused-ring (bicyclic) bond motifs is 1. The van der Waals surface area contributed by atoms with Crippen molar-refractivity contribution < 1.29 is 23.5 Å². The second-order valence-electron chi connectivity index (χ2n) is 6.83. The molecule has 12 nitrogen and oxygen atoms in total. The average Bonchev–Trinajstić information content (AvgIpc) is 3.30. The average molecular weight is 468 g/mol. The van der Waals surface area contributed by atoms with Gasteiger partial charge in [-0.3, -0.25) is 9.32 Å². The minimum Gasteiger partial charge on any atom is -0.497 e. The highest BCUT2D eigenvalue weighted by Crippen LogP contribution is 2.41. The van der Waals surface area contributed by atoms with Crippen LogP contribution in [0.3, 0.4) is 0 Å². The van der Waals surface area contributed by atoms with E-state index < -0.39 is 11.5 Å². The number of nitrogens with one attached hydrogen (secondary N) is 2. The van der Waals surface area contributed by atoms with Crippen LogP contribution in [0.25, 0.3) is 21.5 Å². The van der Waals surface area contributed by atoms with Gasteiger partial charge in [0.05, 0.1) is 30.9 Å². The molecule has 0 saturated heterocycles. The number of hydrogen-bond donors (Lipinski definition) is 4. The summed E-state index contributed by atoms with van der Waals surface area (Å²) in [6, 6.07) is 6.85. The number of benzene rings is 1. The second kappa shape index (κ2) is 8.17. The Kier molecular flexibility index (Phi) is 5.36. The summed E-state index contributed by atoms with van der Waals surface area (Å²) in [6.45, 7) is 0. The van der Waals surface area contributed by atoms with Crippen molar-refractivity contribution >= 4 is 44.7 Å². The SMILES string of the molecule is COc1cc(NC(=O)c2sc3nc(N)c(C#N)c(-c4c(=O)o[nH][n+]4C)c3c2N)cc(OC)c1. The molecule has 13 heteroatoms. The molecule has 4 aromatic rings. The van der Waals surface area contributed by atoms with E-state index in [-0.39, 0.29) is 43.4 Å². The normalized spacial score (nSPS) is 10.7. The first-order chi connectivity index (χ1) is 15.8. The number of methoxy groups -OCH3 is 2. The van der Waals surface area contributed by atoms with Gasteiger partial charge in [-0.25, -0.2) is 9.78 Å². The first-order valence-corrected chi connectivity index (χ1v) is 10.1. The number of nitriles is 1. The Morgan fingerprint density at radius 1 is 1.27 bits per heavy atom. The number of thiophene rings is 1. The maximum Gasteiger partial charge on any atom is 0.435 e. The number of nitrogen functional groups attached to an aromatic ring is 2. The van der Waals surface area contributed by atoms with Crippen LogP contribution >= 0.6 is 11.3 Å². The summed E-state index contributed by atoms with van der Waals surface area (Å²) in [4.78, 5) is 30.1. The summed E-state index contributed by atoms with van der Waals surface area (Å²) in [5.74, 6) is 0.331. The van der Waals surface area contributed by atoms with Crippen LogP contribution in [0.1, 0.15) is 15.2 Å². The highest BCUT2D eigenvalue weighted by Gasteiger charge is 2.32. The highest BCUT2D eigenvalue weighted by molar-refractivity contribution is 7.21. The van der Waals surface area contributed by atoms with Crippen molar-refractivity contribution in [2.75, 3.05) is 31.0 Å². The molecule has 0 aliphatic rings. The number of hydrogen-bond acceptors (Lipinski definition) is 10. The van der Waals surface area contributed by atoms with Gasteiger partial charge in [0.15, 0.2) is 7.05 Å². The largest absolute Gasteiger partial charge is 0.497 e. The van der Waals surface area contributed by atoms with Crippen molar-refractivity contribution in [2.24, 2.45) is 7.05 Å². The molecule has 0 bridgehead atoms. The molecule has 3 aromatic heterocycles. The van der Waals surface area contributed by atoms with E-state index in [1.54, 1.807) is 18.2 Å². The predicted octanol–water partition coefficient (Wildman–Crippen LogP) is 1.37. The highest BCUT2D eigenvalue weighted by atomic mass is 32.1. The number of ether oxygens (including phenoxy) is 2. The molecule has 0 saturated carbocycles. The number of pyridine rings is 1. The third-order valence-electron chi connectivity index (χ3n) is 4.87. The van der Waals surface area contributed by atoms with Crippen molar-refractivity contribution in [1.82, 2.24) is 10.3 Å². The molecule has 0 aliphatic carbocycles. The van der Waals surface area contributed by atoms with E-state index in [1.165, 1.54) is 25.9 Å². The van der Waals surface area contributed by atoms with E-state index in [2.05, 4.69) is 15.6 Å². The van der Waals surface area contributed by atoms with Crippen LogP contribution in [-0.2, 0) is 7.05 Å². The summed E-state index contributed by atoms with van der Waals surface area (Å²) < 4.78 is 16.6. The lowest BCUT2D eigenvalue weighted by Gasteiger charge is -2.09. The Labute approximate surface area is 189 Å². The molecule has 0 atom stereocenters. The molecule has 0 aliphatic heterocycles. The van der Waals surface area contributed by atoms with Crippen LogP contribution in [0.15, 0.2) is 27.5 Å².